The molecular weight excluding hydrogens is 472 g/mol. The topological polar surface area (TPSA) is 117 Å². The van der Waals surface area contributed by atoms with E-state index in [1.807, 2.05) is 44.2 Å². The highest BCUT2D eigenvalue weighted by molar-refractivity contribution is 6.08. The summed E-state index contributed by atoms with van der Waals surface area (Å²) >= 11 is 0. The van der Waals surface area contributed by atoms with E-state index in [1.165, 1.54) is 0 Å². The third kappa shape index (κ3) is 7.53. The van der Waals surface area contributed by atoms with Gasteiger partial charge in [0.05, 0.1) is 11.8 Å². The van der Waals surface area contributed by atoms with Gasteiger partial charge in [-0.25, -0.2) is 4.79 Å². The van der Waals surface area contributed by atoms with Gasteiger partial charge in [0.2, 0.25) is 5.91 Å². The van der Waals surface area contributed by atoms with Crippen LogP contribution < -0.4 is 16.1 Å². The second-order valence-corrected chi connectivity index (χ2v) is 11.6. The van der Waals surface area contributed by atoms with Crippen LogP contribution in [-0.2, 0) is 25.5 Å². The maximum atomic E-state index is 13.6. The molecule has 3 rings (SSSR count). The van der Waals surface area contributed by atoms with Gasteiger partial charge in [-0.1, -0.05) is 44.2 Å². The molecule has 2 fully saturated rings. The Kier molecular flexibility index (Phi) is 9.34. The van der Waals surface area contributed by atoms with Crippen molar-refractivity contribution in [3.63, 3.8) is 0 Å². The molecule has 2 aliphatic rings. The number of amides is 4. The first-order valence-corrected chi connectivity index (χ1v) is 13.4. The van der Waals surface area contributed by atoms with Crippen molar-refractivity contribution in [1.82, 2.24) is 21.1 Å². The fourth-order valence-electron chi connectivity index (χ4n) is 5.10. The molecule has 2 saturated heterocycles. The Hall–Kier alpha value is -2.94. The van der Waals surface area contributed by atoms with Gasteiger partial charge in [-0.05, 0) is 83.9 Å². The summed E-state index contributed by atoms with van der Waals surface area (Å²) in [4.78, 5) is 52.9. The van der Waals surface area contributed by atoms with Crippen molar-refractivity contribution in [2.75, 3.05) is 13.1 Å². The number of benzene rings is 1. The molecule has 1 unspecified atom stereocenters. The Morgan fingerprint density at radius 2 is 1.73 bits per heavy atom. The van der Waals surface area contributed by atoms with Crippen LogP contribution in [-0.4, -0.2) is 53.1 Å². The first-order valence-electron chi connectivity index (χ1n) is 13.4. The average Bonchev–Trinajstić information content (AvgIpc) is 3.04. The summed E-state index contributed by atoms with van der Waals surface area (Å²) in [5.74, 6) is -2.76. The van der Waals surface area contributed by atoms with Gasteiger partial charge in [-0.15, -0.1) is 0 Å². The largest absolute Gasteiger partial charge is 0.460 e. The number of carbonyl (C=O) groups excluding carboxylic acids is 4. The van der Waals surface area contributed by atoms with Crippen LogP contribution in [0.2, 0.25) is 0 Å². The highest BCUT2D eigenvalue weighted by atomic mass is 16.6. The number of nitrogens with zero attached hydrogens (tertiary/aromatic N) is 1. The standard InChI is InChI=1S/C28H42N4O5/c1-19(2)18-22(23(33)31-32-25(35)28(30-26(32)36)14-16-29-17-15-28)21(24(34)37-27(3,4)5)13-9-12-20-10-7-6-8-11-20/h6-8,10-11,19,21-22,29H,9,12-18H2,1-5H3,(H,30,36)(H,31,33)/t21-,22?/m1/s1. The smallest absolute Gasteiger partial charge is 0.344 e. The fourth-order valence-corrected chi connectivity index (χ4v) is 5.10. The molecule has 0 radical (unpaired) electrons. The number of hydrogen-bond acceptors (Lipinski definition) is 6. The zero-order valence-corrected chi connectivity index (χ0v) is 22.8. The maximum Gasteiger partial charge on any atom is 0.344 e. The minimum absolute atomic E-state index is 0.105. The van der Waals surface area contributed by atoms with Gasteiger partial charge in [0.1, 0.15) is 11.1 Å². The SMILES string of the molecule is CC(C)CC(C(=O)NN1C(=O)NC2(CCNCC2)C1=O)[C@@H](CCCc1ccccc1)C(=O)OC(C)(C)C. The van der Waals surface area contributed by atoms with Crippen molar-refractivity contribution < 1.29 is 23.9 Å². The molecule has 2 aliphatic heterocycles. The Labute approximate surface area is 220 Å². The minimum Gasteiger partial charge on any atom is -0.460 e. The van der Waals surface area contributed by atoms with Gasteiger partial charge in [0.15, 0.2) is 0 Å². The quantitative estimate of drug-likeness (QED) is 0.326. The van der Waals surface area contributed by atoms with E-state index in [9.17, 15) is 19.2 Å². The summed E-state index contributed by atoms with van der Waals surface area (Å²) < 4.78 is 5.73. The van der Waals surface area contributed by atoms with Crippen molar-refractivity contribution in [2.45, 2.75) is 84.3 Å². The van der Waals surface area contributed by atoms with Gasteiger partial charge in [0, 0.05) is 0 Å². The number of hydrogen-bond donors (Lipinski definition) is 3. The third-order valence-corrected chi connectivity index (χ3v) is 6.92. The maximum absolute atomic E-state index is 13.6. The molecule has 4 amide bonds. The molecule has 1 aromatic rings. The van der Waals surface area contributed by atoms with E-state index in [-0.39, 0.29) is 5.92 Å². The number of ether oxygens (including phenoxy) is 1. The first kappa shape index (κ1) is 28.6. The molecule has 3 N–H and O–H groups in total. The fraction of sp³-hybridized carbons (Fsp3) is 0.643. The van der Waals surface area contributed by atoms with Crippen LogP contribution in [0.25, 0.3) is 0 Å². The first-order chi connectivity index (χ1) is 17.4. The number of esters is 1. The predicted molar refractivity (Wildman–Crippen MR) is 140 cm³/mol. The van der Waals surface area contributed by atoms with Crippen LogP contribution in [0, 0.1) is 17.8 Å². The molecule has 1 aromatic carbocycles. The molecule has 37 heavy (non-hydrogen) atoms. The van der Waals surface area contributed by atoms with Gasteiger partial charge in [0.25, 0.3) is 5.91 Å². The van der Waals surface area contributed by atoms with Gasteiger partial charge in [-0.2, -0.15) is 5.01 Å². The molecule has 0 bridgehead atoms. The summed E-state index contributed by atoms with van der Waals surface area (Å²) in [5, 5.41) is 6.77. The summed E-state index contributed by atoms with van der Waals surface area (Å²) in [6.07, 6.45) is 3.23. The summed E-state index contributed by atoms with van der Waals surface area (Å²) in [6, 6.07) is 9.34. The second-order valence-electron chi connectivity index (χ2n) is 11.6. The van der Waals surface area contributed by atoms with E-state index in [0.717, 1.165) is 17.0 Å². The Bertz CT molecular complexity index is 967. The number of nitrogens with one attached hydrogen (secondary N) is 3. The van der Waals surface area contributed by atoms with Gasteiger partial charge < -0.3 is 15.4 Å². The molecule has 0 aromatic heterocycles. The number of imide groups is 1. The van der Waals surface area contributed by atoms with Crippen molar-refractivity contribution in [3.8, 4) is 0 Å². The summed E-state index contributed by atoms with van der Waals surface area (Å²) in [6.45, 7) is 10.6. The van der Waals surface area contributed by atoms with E-state index < -0.39 is 46.8 Å². The molecule has 9 nitrogen and oxygen atoms in total. The van der Waals surface area contributed by atoms with Crippen LogP contribution in [0.3, 0.4) is 0 Å². The van der Waals surface area contributed by atoms with Crippen LogP contribution >= 0.6 is 0 Å². The second kappa shape index (κ2) is 12.1. The molecule has 0 aliphatic carbocycles. The Morgan fingerprint density at radius 1 is 1.08 bits per heavy atom. The van der Waals surface area contributed by atoms with Crippen molar-refractivity contribution in [3.05, 3.63) is 35.9 Å². The number of hydrazine groups is 1. The molecule has 2 heterocycles. The molecular formula is C28H42N4O5. The molecule has 2 atom stereocenters. The highest BCUT2D eigenvalue weighted by Crippen LogP contribution is 2.30. The number of urea groups is 1. The monoisotopic (exact) mass is 514 g/mol. The zero-order chi connectivity index (χ0) is 27.2. The zero-order valence-electron chi connectivity index (χ0n) is 22.8. The van der Waals surface area contributed by atoms with Crippen LogP contribution in [0.5, 0.6) is 0 Å². The number of aryl methyl sites for hydroxylation is 1. The summed E-state index contributed by atoms with van der Waals surface area (Å²) in [5.41, 5.74) is 2.02. The minimum atomic E-state index is -0.997. The lowest BCUT2D eigenvalue weighted by Crippen LogP contribution is -2.55. The van der Waals surface area contributed by atoms with E-state index in [4.69, 9.17) is 4.74 Å². The van der Waals surface area contributed by atoms with Gasteiger partial charge in [-0.3, -0.25) is 19.8 Å². The van der Waals surface area contributed by atoms with Gasteiger partial charge >= 0.3 is 12.0 Å². The predicted octanol–water partition coefficient (Wildman–Crippen LogP) is 3.33. The van der Waals surface area contributed by atoms with Crippen molar-refractivity contribution in [2.24, 2.45) is 17.8 Å². The van der Waals surface area contributed by atoms with E-state index in [1.54, 1.807) is 20.8 Å². The lowest BCUT2D eigenvalue weighted by Gasteiger charge is -2.32. The van der Waals surface area contributed by atoms with Crippen LogP contribution in [0.15, 0.2) is 30.3 Å². The third-order valence-electron chi connectivity index (χ3n) is 6.92. The van der Waals surface area contributed by atoms with Crippen molar-refractivity contribution >= 4 is 23.8 Å². The number of carbonyl (C=O) groups is 4. The van der Waals surface area contributed by atoms with E-state index >= 15 is 0 Å². The molecule has 204 valence electrons. The number of piperidine rings is 1. The summed E-state index contributed by atoms with van der Waals surface area (Å²) in [7, 11) is 0. The van der Waals surface area contributed by atoms with E-state index in [0.29, 0.717) is 45.2 Å². The highest BCUT2D eigenvalue weighted by Gasteiger charge is 2.53. The normalized spacial score (nSPS) is 19.0. The van der Waals surface area contributed by atoms with E-state index in [2.05, 4.69) is 16.1 Å². The lowest BCUT2D eigenvalue weighted by molar-refractivity contribution is -0.165. The lowest BCUT2D eigenvalue weighted by atomic mass is 9.81. The molecule has 9 heteroatoms. The van der Waals surface area contributed by atoms with Crippen molar-refractivity contribution in [1.29, 1.82) is 0 Å². The van der Waals surface area contributed by atoms with Crippen LogP contribution in [0.4, 0.5) is 4.79 Å². The number of rotatable bonds is 10. The molecule has 1 spiro atoms. The Balaban J connectivity index is 1.79. The average molecular weight is 515 g/mol. The molecule has 0 saturated carbocycles. The Morgan fingerprint density at radius 3 is 2.32 bits per heavy atom. The van der Waals surface area contributed by atoms with Crippen LogP contribution in [0.1, 0.15) is 72.3 Å².